The number of esters is 1. The van der Waals surface area contributed by atoms with Crippen LogP contribution in [0.2, 0.25) is 0 Å². The number of carbonyl (C=O) groups is 1. The highest BCUT2D eigenvalue weighted by Gasteiger charge is 2.29. The van der Waals surface area contributed by atoms with E-state index in [0.29, 0.717) is 6.61 Å². The van der Waals surface area contributed by atoms with Crippen LogP contribution in [0.3, 0.4) is 0 Å². The number of anilines is 1. The molecule has 3 aromatic rings. The van der Waals surface area contributed by atoms with Crippen molar-refractivity contribution in [2.45, 2.75) is 40.0 Å². The van der Waals surface area contributed by atoms with Gasteiger partial charge in [0.05, 0.1) is 12.5 Å². The second-order valence-electron chi connectivity index (χ2n) is 7.53. The number of hydrogen-bond donors (Lipinski definition) is 0. The lowest BCUT2D eigenvalue weighted by atomic mass is 9.96. The minimum absolute atomic E-state index is 0.0181. The fraction of sp³-hybridized carbons (Fsp3) is 0.524. The van der Waals surface area contributed by atoms with E-state index in [1.165, 1.54) is 5.56 Å². The summed E-state index contributed by atoms with van der Waals surface area (Å²) in [6.45, 7) is 8.09. The number of hydrogen-bond acceptors (Lipinski definition) is 6. The molecular weight excluding hydrogens is 368 g/mol. The summed E-state index contributed by atoms with van der Waals surface area (Å²) in [4.78, 5) is 23.7. The number of imidazole rings is 1. The molecule has 0 aromatic carbocycles. The molecule has 0 saturated carbocycles. The van der Waals surface area contributed by atoms with Crippen LogP contribution in [0.25, 0.3) is 17.2 Å². The van der Waals surface area contributed by atoms with Crippen LogP contribution in [0.1, 0.15) is 37.9 Å². The highest BCUT2D eigenvalue weighted by molar-refractivity contribution is 5.73. The van der Waals surface area contributed by atoms with Gasteiger partial charge in [-0.15, -0.1) is 0 Å². The summed E-state index contributed by atoms with van der Waals surface area (Å²) in [6, 6.07) is 1.99. The van der Waals surface area contributed by atoms with Crippen molar-refractivity contribution in [3.8, 4) is 11.5 Å². The summed E-state index contributed by atoms with van der Waals surface area (Å²) in [5, 5.41) is 4.86. The first-order valence-corrected chi connectivity index (χ1v) is 10.3. The van der Waals surface area contributed by atoms with Crippen molar-refractivity contribution >= 4 is 17.4 Å². The maximum atomic E-state index is 12.1. The molecule has 8 heteroatoms. The minimum atomic E-state index is -0.0740. The van der Waals surface area contributed by atoms with E-state index in [9.17, 15) is 4.79 Å². The number of aryl methyl sites for hydroxylation is 2. The molecular formula is C21H28N6O2. The fourth-order valence-corrected chi connectivity index (χ4v) is 4.18. The number of fused-ring (bicyclic) bond motifs is 1. The number of aromatic nitrogens is 5. The quantitative estimate of drug-likeness (QED) is 0.617. The first-order valence-electron chi connectivity index (χ1n) is 10.3. The Labute approximate surface area is 170 Å². The van der Waals surface area contributed by atoms with Gasteiger partial charge in [-0.3, -0.25) is 4.79 Å². The molecule has 0 amide bonds. The lowest BCUT2D eigenvalue weighted by Gasteiger charge is -2.34. The number of ether oxygens (including phenoxy) is 1. The van der Waals surface area contributed by atoms with Gasteiger partial charge in [0.1, 0.15) is 11.5 Å². The van der Waals surface area contributed by atoms with Gasteiger partial charge in [0, 0.05) is 49.9 Å². The number of rotatable bonds is 5. The summed E-state index contributed by atoms with van der Waals surface area (Å²) in [7, 11) is 1.96. The second kappa shape index (κ2) is 7.85. The predicted molar refractivity (Wildman–Crippen MR) is 111 cm³/mol. The predicted octanol–water partition coefficient (Wildman–Crippen LogP) is 2.78. The van der Waals surface area contributed by atoms with E-state index >= 15 is 0 Å². The smallest absolute Gasteiger partial charge is 0.309 e. The molecule has 1 saturated heterocycles. The zero-order valence-corrected chi connectivity index (χ0v) is 17.6. The SMILES string of the molecule is CCOC(=O)C1CCN(c2c(CC)c(C)nc3cc(-c4nccn4C)nn23)CC1. The Balaban J connectivity index is 1.72. The fourth-order valence-electron chi connectivity index (χ4n) is 4.18. The van der Waals surface area contributed by atoms with E-state index in [1.54, 1.807) is 6.20 Å². The van der Waals surface area contributed by atoms with Crippen LogP contribution in [-0.2, 0) is 23.0 Å². The number of carbonyl (C=O) groups excluding carboxylic acids is 1. The van der Waals surface area contributed by atoms with Gasteiger partial charge in [-0.1, -0.05) is 6.92 Å². The van der Waals surface area contributed by atoms with E-state index < -0.39 is 0 Å². The van der Waals surface area contributed by atoms with Crippen molar-refractivity contribution in [3.05, 3.63) is 29.7 Å². The summed E-state index contributed by atoms with van der Waals surface area (Å²) < 4.78 is 9.12. The van der Waals surface area contributed by atoms with Gasteiger partial charge in [-0.05, 0) is 33.1 Å². The zero-order valence-electron chi connectivity index (χ0n) is 17.6. The van der Waals surface area contributed by atoms with E-state index in [1.807, 2.05) is 35.3 Å². The third-order valence-electron chi connectivity index (χ3n) is 5.70. The third kappa shape index (κ3) is 3.47. The monoisotopic (exact) mass is 396 g/mol. The molecule has 0 atom stereocenters. The van der Waals surface area contributed by atoms with Crippen LogP contribution in [0.4, 0.5) is 5.82 Å². The minimum Gasteiger partial charge on any atom is -0.466 e. The molecule has 0 radical (unpaired) electrons. The summed E-state index contributed by atoms with van der Waals surface area (Å²) in [5.74, 6) is 1.81. The largest absolute Gasteiger partial charge is 0.466 e. The summed E-state index contributed by atoms with van der Waals surface area (Å²) in [5.41, 5.74) is 3.84. The summed E-state index contributed by atoms with van der Waals surface area (Å²) in [6.07, 6.45) is 6.14. The van der Waals surface area contributed by atoms with Crippen LogP contribution in [0.5, 0.6) is 0 Å². The molecule has 3 aromatic heterocycles. The molecule has 0 N–H and O–H groups in total. The van der Waals surface area contributed by atoms with Crippen molar-refractivity contribution in [1.82, 2.24) is 24.1 Å². The summed E-state index contributed by atoms with van der Waals surface area (Å²) >= 11 is 0. The Bertz CT molecular complexity index is 1030. The molecule has 0 bridgehead atoms. The highest BCUT2D eigenvalue weighted by Crippen LogP contribution is 2.30. The van der Waals surface area contributed by atoms with Crippen LogP contribution >= 0.6 is 0 Å². The van der Waals surface area contributed by atoms with Gasteiger partial charge in [0.15, 0.2) is 11.5 Å². The topological polar surface area (TPSA) is 77.5 Å². The van der Waals surface area contributed by atoms with Crippen molar-refractivity contribution < 1.29 is 9.53 Å². The van der Waals surface area contributed by atoms with Gasteiger partial charge in [0.25, 0.3) is 0 Å². The van der Waals surface area contributed by atoms with Crippen LogP contribution in [-0.4, -0.2) is 49.8 Å². The van der Waals surface area contributed by atoms with Crippen molar-refractivity contribution in [2.24, 2.45) is 13.0 Å². The molecule has 4 rings (SSSR count). The molecule has 1 fully saturated rings. The number of nitrogens with zero attached hydrogens (tertiary/aromatic N) is 6. The lowest BCUT2D eigenvalue weighted by Crippen LogP contribution is -2.38. The Morgan fingerprint density at radius 3 is 2.66 bits per heavy atom. The second-order valence-corrected chi connectivity index (χ2v) is 7.53. The zero-order chi connectivity index (χ0) is 20.5. The molecule has 0 spiro atoms. The standard InChI is InChI=1S/C21H28N6O2/c1-5-16-14(3)23-18-13-17(19-22-9-12-25(19)4)24-27(18)20(16)26-10-7-15(8-11-26)21(28)29-6-2/h9,12-13,15H,5-8,10-11H2,1-4H3. The first-order chi connectivity index (χ1) is 14.0. The van der Waals surface area contributed by atoms with Gasteiger partial charge in [0.2, 0.25) is 0 Å². The highest BCUT2D eigenvalue weighted by atomic mass is 16.5. The van der Waals surface area contributed by atoms with Gasteiger partial charge >= 0.3 is 5.97 Å². The Kier molecular flexibility index (Phi) is 5.25. The van der Waals surface area contributed by atoms with Crippen LogP contribution in [0, 0.1) is 12.8 Å². The Hall–Kier alpha value is -2.90. The average Bonchev–Trinajstić information content (AvgIpc) is 3.32. The molecule has 4 heterocycles. The molecule has 0 unspecified atom stereocenters. The normalized spacial score (nSPS) is 15.2. The van der Waals surface area contributed by atoms with Crippen molar-refractivity contribution in [3.63, 3.8) is 0 Å². The van der Waals surface area contributed by atoms with E-state index in [0.717, 1.165) is 61.0 Å². The first kappa shape index (κ1) is 19.4. The van der Waals surface area contributed by atoms with E-state index in [4.69, 9.17) is 14.8 Å². The Morgan fingerprint density at radius 1 is 1.28 bits per heavy atom. The van der Waals surface area contributed by atoms with Gasteiger partial charge in [-0.25, -0.2) is 9.97 Å². The van der Waals surface area contributed by atoms with E-state index in [-0.39, 0.29) is 11.9 Å². The van der Waals surface area contributed by atoms with Crippen molar-refractivity contribution in [2.75, 3.05) is 24.6 Å². The molecule has 154 valence electrons. The van der Waals surface area contributed by atoms with Gasteiger partial charge < -0.3 is 14.2 Å². The van der Waals surface area contributed by atoms with Crippen LogP contribution < -0.4 is 4.90 Å². The van der Waals surface area contributed by atoms with Crippen LogP contribution in [0.15, 0.2) is 18.5 Å². The average molecular weight is 396 g/mol. The Morgan fingerprint density at radius 2 is 2.03 bits per heavy atom. The molecule has 8 nitrogen and oxygen atoms in total. The maximum Gasteiger partial charge on any atom is 0.309 e. The molecule has 1 aliphatic rings. The van der Waals surface area contributed by atoms with Crippen molar-refractivity contribution in [1.29, 1.82) is 0 Å². The lowest BCUT2D eigenvalue weighted by molar-refractivity contribution is -0.148. The molecule has 1 aliphatic heterocycles. The molecule has 29 heavy (non-hydrogen) atoms. The van der Waals surface area contributed by atoms with Gasteiger partial charge in [-0.2, -0.15) is 9.61 Å². The molecule has 0 aliphatic carbocycles. The maximum absolute atomic E-state index is 12.1. The van der Waals surface area contributed by atoms with E-state index in [2.05, 4.69) is 23.7 Å². The third-order valence-corrected chi connectivity index (χ3v) is 5.70. The number of piperidine rings is 1.